The summed E-state index contributed by atoms with van der Waals surface area (Å²) in [7, 11) is 1.89. The van der Waals surface area contributed by atoms with Crippen LogP contribution in [0.5, 0.6) is 0 Å². The first-order chi connectivity index (χ1) is 11.6. The number of amides is 1. The monoisotopic (exact) mass is 362 g/mol. The number of aromatic nitrogens is 3. The third kappa shape index (κ3) is 3.88. The van der Waals surface area contributed by atoms with E-state index >= 15 is 0 Å². The summed E-state index contributed by atoms with van der Waals surface area (Å²) in [5, 5.41) is 14.0. The van der Waals surface area contributed by atoms with Crippen molar-refractivity contribution >= 4 is 29.0 Å². The van der Waals surface area contributed by atoms with E-state index in [-0.39, 0.29) is 5.91 Å². The number of rotatable bonds is 7. The molecule has 6 nitrogen and oxygen atoms in total. The Morgan fingerprint density at radius 2 is 2.29 bits per heavy atom. The van der Waals surface area contributed by atoms with Gasteiger partial charge in [-0.25, -0.2) is 0 Å². The maximum atomic E-state index is 11.9. The molecule has 3 aromatic rings. The van der Waals surface area contributed by atoms with Crippen LogP contribution in [0.1, 0.15) is 10.6 Å². The molecule has 0 fully saturated rings. The van der Waals surface area contributed by atoms with E-state index in [1.807, 2.05) is 36.1 Å². The second kappa shape index (κ2) is 7.67. The van der Waals surface area contributed by atoms with Crippen molar-refractivity contribution in [3.8, 4) is 11.4 Å². The van der Waals surface area contributed by atoms with Gasteiger partial charge in [-0.1, -0.05) is 17.8 Å². The lowest BCUT2D eigenvalue weighted by Gasteiger charge is -2.05. The molecule has 0 aliphatic carbocycles. The molecule has 1 N–H and O–H groups in total. The molecule has 8 heteroatoms. The van der Waals surface area contributed by atoms with Gasteiger partial charge in [0.05, 0.1) is 17.6 Å². The Kier molecular flexibility index (Phi) is 5.37. The summed E-state index contributed by atoms with van der Waals surface area (Å²) in [6.45, 7) is 2.54. The minimum atomic E-state index is 0.000554. The van der Waals surface area contributed by atoms with Crippen LogP contribution < -0.4 is 5.32 Å². The van der Waals surface area contributed by atoms with Crippen LogP contribution in [0.3, 0.4) is 0 Å². The Balaban J connectivity index is 1.50. The van der Waals surface area contributed by atoms with Crippen molar-refractivity contribution in [2.24, 2.45) is 7.05 Å². The summed E-state index contributed by atoms with van der Waals surface area (Å²) in [5.74, 6) is 1.86. The van der Waals surface area contributed by atoms with Crippen LogP contribution in [-0.4, -0.2) is 33.0 Å². The molecule has 3 aromatic heterocycles. The fourth-order valence-electron chi connectivity index (χ4n) is 2.25. The Morgan fingerprint density at radius 3 is 3.00 bits per heavy atom. The van der Waals surface area contributed by atoms with Crippen LogP contribution >= 0.6 is 23.1 Å². The van der Waals surface area contributed by atoms with E-state index in [0.717, 1.165) is 23.6 Å². The van der Waals surface area contributed by atoms with Crippen molar-refractivity contribution in [1.82, 2.24) is 20.1 Å². The summed E-state index contributed by atoms with van der Waals surface area (Å²) >= 11 is 3.08. The average Bonchev–Trinajstić information content (AvgIpc) is 3.28. The lowest BCUT2D eigenvalue weighted by molar-refractivity contribution is -0.118. The highest BCUT2D eigenvalue weighted by Gasteiger charge is 2.15. The highest BCUT2D eigenvalue weighted by molar-refractivity contribution is 7.99. The molecule has 0 saturated heterocycles. The molecule has 1 amide bonds. The number of carbonyl (C=O) groups is 1. The topological polar surface area (TPSA) is 72.9 Å². The van der Waals surface area contributed by atoms with Gasteiger partial charge in [-0.2, -0.15) is 0 Å². The molecule has 0 atom stereocenters. The molecule has 0 aliphatic rings. The molecule has 24 heavy (non-hydrogen) atoms. The van der Waals surface area contributed by atoms with Crippen molar-refractivity contribution in [3.05, 3.63) is 40.5 Å². The van der Waals surface area contributed by atoms with Crippen LogP contribution in [0, 0.1) is 6.92 Å². The molecule has 3 heterocycles. The predicted molar refractivity (Wildman–Crippen MR) is 95.2 cm³/mol. The number of thioether (sulfide) groups is 1. The third-order valence-corrected chi connectivity index (χ3v) is 5.50. The molecule has 0 aliphatic heterocycles. The highest BCUT2D eigenvalue weighted by atomic mass is 32.2. The number of furan rings is 1. The Labute approximate surface area is 148 Å². The summed E-state index contributed by atoms with van der Waals surface area (Å²) in [6, 6.07) is 5.96. The number of carbonyl (C=O) groups excluding carboxylic acids is 1. The van der Waals surface area contributed by atoms with Gasteiger partial charge in [-0.05, 0) is 30.9 Å². The van der Waals surface area contributed by atoms with Crippen LogP contribution in [0.4, 0.5) is 0 Å². The largest absolute Gasteiger partial charge is 0.469 e. The van der Waals surface area contributed by atoms with Gasteiger partial charge >= 0.3 is 0 Å². The van der Waals surface area contributed by atoms with Gasteiger partial charge in [0.2, 0.25) is 5.91 Å². The molecule has 0 aromatic carbocycles. The van der Waals surface area contributed by atoms with E-state index in [9.17, 15) is 4.79 Å². The van der Waals surface area contributed by atoms with Crippen LogP contribution in [0.25, 0.3) is 11.4 Å². The number of thiophene rings is 1. The molecule has 0 saturated carbocycles. The molecule has 0 radical (unpaired) electrons. The SMILES string of the molecule is Cc1occc1-c1nnc(SCC(=O)NCCc2cccs2)n1C. The maximum Gasteiger partial charge on any atom is 0.230 e. The van der Waals surface area contributed by atoms with Gasteiger partial charge in [0.25, 0.3) is 0 Å². The standard InChI is InChI=1S/C16H18N4O2S2/c1-11-13(6-8-22-11)15-18-19-16(20(15)2)24-10-14(21)17-7-5-12-4-3-9-23-12/h3-4,6,8-9H,5,7,10H2,1-2H3,(H,17,21). The Bertz CT molecular complexity index is 808. The highest BCUT2D eigenvalue weighted by Crippen LogP contribution is 2.25. The van der Waals surface area contributed by atoms with E-state index in [0.29, 0.717) is 17.5 Å². The number of hydrogen-bond acceptors (Lipinski definition) is 6. The Morgan fingerprint density at radius 1 is 1.42 bits per heavy atom. The minimum Gasteiger partial charge on any atom is -0.469 e. The van der Waals surface area contributed by atoms with E-state index in [1.165, 1.54) is 16.6 Å². The Hall–Kier alpha value is -2.06. The average molecular weight is 362 g/mol. The lowest BCUT2D eigenvalue weighted by atomic mass is 10.2. The van der Waals surface area contributed by atoms with Crippen LogP contribution in [0.2, 0.25) is 0 Å². The number of aryl methyl sites for hydroxylation is 1. The third-order valence-electron chi connectivity index (χ3n) is 3.54. The predicted octanol–water partition coefficient (Wildman–Crippen LogP) is 2.90. The fraction of sp³-hybridized carbons (Fsp3) is 0.312. The number of nitrogens with one attached hydrogen (secondary N) is 1. The quantitative estimate of drug-likeness (QED) is 0.654. The molecule has 0 spiro atoms. The molecule has 3 rings (SSSR count). The zero-order valence-corrected chi connectivity index (χ0v) is 15.1. The minimum absolute atomic E-state index is 0.000554. The first-order valence-corrected chi connectivity index (χ1v) is 9.37. The zero-order chi connectivity index (χ0) is 16.9. The maximum absolute atomic E-state index is 11.9. The summed E-state index contributed by atoms with van der Waals surface area (Å²) < 4.78 is 7.18. The van der Waals surface area contributed by atoms with E-state index in [1.54, 1.807) is 17.6 Å². The van der Waals surface area contributed by atoms with Crippen LogP contribution in [-0.2, 0) is 18.3 Å². The van der Waals surface area contributed by atoms with Crippen molar-refractivity contribution in [2.75, 3.05) is 12.3 Å². The number of nitrogens with zero attached hydrogens (tertiary/aromatic N) is 3. The lowest BCUT2D eigenvalue weighted by Crippen LogP contribution is -2.27. The van der Waals surface area contributed by atoms with Gasteiger partial charge in [0.1, 0.15) is 5.76 Å². The van der Waals surface area contributed by atoms with Gasteiger partial charge in [-0.3, -0.25) is 4.79 Å². The van der Waals surface area contributed by atoms with Crippen LogP contribution in [0.15, 0.2) is 39.4 Å². The molecule has 126 valence electrons. The van der Waals surface area contributed by atoms with Gasteiger partial charge in [0.15, 0.2) is 11.0 Å². The van der Waals surface area contributed by atoms with Crippen molar-refractivity contribution in [2.45, 2.75) is 18.5 Å². The first-order valence-electron chi connectivity index (χ1n) is 7.51. The fourth-order valence-corrected chi connectivity index (χ4v) is 3.70. The zero-order valence-electron chi connectivity index (χ0n) is 13.5. The van der Waals surface area contributed by atoms with Crippen molar-refractivity contribution in [1.29, 1.82) is 0 Å². The number of hydrogen-bond donors (Lipinski definition) is 1. The van der Waals surface area contributed by atoms with Gasteiger partial charge in [0, 0.05) is 18.5 Å². The first kappa shape index (κ1) is 16.8. The second-order valence-electron chi connectivity index (χ2n) is 5.22. The molecular weight excluding hydrogens is 344 g/mol. The smallest absolute Gasteiger partial charge is 0.230 e. The van der Waals surface area contributed by atoms with Crippen molar-refractivity contribution < 1.29 is 9.21 Å². The van der Waals surface area contributed by atoms with E-state index in [4.69, 9.17) is 4.42 Å². The second-order valence-corrected chi connectivity index (χ2v) is 7.20. The molecular formula is C16H18N4O2S2. The summed E-state index contributed by atoms with van der Waals surface area (Å²) in [6.07, 6.45) is 2.50. The van der Waals surface area contributed by atoms with Crippen molar-refractivity contribution in [3.63, 3.8) is 0 Å². The van der Waals surface area contributed by atoms with E-state index in [2.05, 4.69) is 21.6 Å². The molecule has 0 bridgehead atoms. The van der Waals surface area contributed by atoms with E-state index < -0.39 is 0 Å². The normalized spacial score (nSPS) is 10.9. The van der Waals surface area contributed by atoms with Gasteiger partial charge in [-0.15, -0.1) is 21.5 Å². The summed E-state index contributed by atoms with van der Waals surface area (Å²) in [5.41, 5.74) is 0.914. The summed E-state index contributed by atoms with van der Waals surface area (Å²) in [4.78, 5) is 13.2. The molecule has 0 unspecified atom stereocenters. The van der Waals surface area contributed by atoms with Gasteiger partial charge < -0.3 is 14.3 Å².